The van der Waals surface area contributed by atoms with Gasteiger partial charge in [-0.15, -0.1) is 0 Å². The van der Waals surface area contributed by atoms with Crippen molar-refractivity contribution in [2.45, 2.75) is 0 Å². The highest BCUT2D eigenvalue weighted by Crippen LogP contribution is 2.23. The molecule has 1 amide bonds. The first-order valence-electron chi connectivity index (χ1n) is 5.29. The van der Waals surface area contributed by atoms with E-state index in [1.54, 1.807) is 18.2 Å². The number of carbonyl (C=O) groups is 1. The number of benzene rings is 2. The molecule has 2 rings (SSSR count). The number of carbonyl (C=O) groups excluding carboxylic acids is 1. The number of hydrogen-bond donors (Lipinski definition) is 2. The maximum atomic E-state index is 13.0. The van der Waals surface area contributed by atoms with Crippen LogP contribution < -0.4 is 11.1 Å². The van der Waals surface area contributed by atoms with E-state index in [-0.39, 0.29) is 11.6 Å². The third-order valence-corrected chi connectivity index (χ3v) is 3.58. The second-order valence-electron chi connectivity index (χ2n) is 3.81. The molecule has 6 heteroatoms. The van der Waals surface area contributed by atoms with Crippen molar-refractivity contribution in [2.24, 2.45) is 0 Å². The van der Waals surface area contributed by atoms with Crippen molar-refractivity contribution in [3.8, 4) is 0 Å². The Morgan fingerprint density at radius 2 is 1.89 bits per heavy atom. The van der Waals surface area contributed by atoms with E-state index in [9.17, 15) is 9.18 Å². The number of nitrogens with two attached hydrogens (primary N) is 1. The molecule has 0 spiro atoms. The molecule has 0 heterocycles. The molecule has 0 aliphatic heterocycles. The Hall–Kier alpha value is -1.40. The highest BCUT2D eigenvalue weighted by Gasteiger charge is 2.11. The average Bonchev–Trinajstić information content (AvgIpc) is 2.33. The van der Waals surface area contributed by atoms with E-state index < -0.39 is 5.82 Å². The van der Waals surface area contributed by atoms with Gasteiger partial charge in [0, 0.05) is 14.6 Å². The minimum atomic E-state index is -0.511. The standard InChI is InChI=1S/C13H9Br2FN2O/c14-7-1-3-9(10(15)5-7)13(19)18-8-2-4-11(16)12(17)6-8/h1-6H,17H2,(H,18,19). The van der Waals surface area contributed by atoms with Crippen LogP contribution in [0.4, 0.5) is 15.8 Å². The minimum Gasteiger partial charge on any atom is -0.396 e. The Bertz CT molecular complexity index is 647. The summed E-state index contributed by atoms with van der Waals surface area (Å²) in [6.45, 7) is 0. The zero-order valence-corrected chi connectivity index (χ0v) is 12.8. The molecule has 0 saturated carbocycles. The van der Waals surface area contributed by atoms with Gasteiger partial charge in [0.05, 0.1) is 11.3 Å². The highest BCUT2D eigenvalue weighted by atomic mass is 79.9. The fourth-order valence-electron chi connectivity index (χ4n) is 1.49. The Labute approximate surface area is 126 Å². The molecule has 0 radical (unpaired) electrons. The lowest BCUT2D eigenvalue weighted by Crippen LogP contribution is -2.12. The first kappa shape index (κ1) is 14.0. The molecule has 0 fully saturated rings. The van der Waals surface area contributed by atoms with Gasteiger partial charge in [-0.3, -0.25) is 4.79 Å². The van der Waals surface area contributed by atoms with Gasteiger partial charge in [0.25, 0.3) is 5.91 Å². The van der Waals surface area contributed by atoms with Crippen molar-refractivity contribution in [1.29, 1.82) is 0 Å². The Morgan fingerprint density at radius 3 is 2.53 bits per heavy atom. The molecule has 0 aromatic heterocycles. The Morgan fingerprint density at radius 1 is 1.16 bits per heavy atom. The zero-order chi connectivity index (χ0) is 14.0. The van der Waals surface area contributed by atoms with E-state index in [2.05, 4.69) is 37.2 Å². The summed E-state index contributed by atoms with van der Waals surface area (Å²) in [5, 5.41) is 2.66. The van der Waals surface area contributed by atoms with Gasteiger partial charge in [0.15, 0.2) is 0 Å². The summed E-state index contributed by atoms with van der Waals surface area (Å²) in [5.74, 6) is -0.812. The maximum absolute atomic E-state index is 13.0. The molecular weight excluding hydrogens is 379 g/mol. The van der Waals surface area contributed by atoms with Gasteiger partial charge >= 0.3 is 0 Å². The van der Waals surface area contributed by atoms with Crippen molar-refractivity contribution < 1.29 is 9.18 Å². The predicted molar refractivity (Wildman–Crippen MR) is 80.6 cm³/mol. The average molecular weight is 388 g/mol. The molecule has 0 unspecified atom stereocenters. The molecule has 2 aromatic carbocycles. The molecule has 19 heavy (non-hydrogen) atoms. The van der Waals surface area contributed by atoms with Gasteiger partial charge in [-0.05, 0) is 52.3 Å². The molecule has 98 valence electrons. The zero-order valence-electron chi connectivity index (χ0n) is 9.58. The maximum Gasteiger partial charge on any atom is 0.256 e. The van der Waals surface area contributed by atoms with E-state index in [1.807, 2.05) is 0 Å². The highest BCUT2D eigenvalue weighted by molar-refractivity contribution is 9.11. The van der Waals surface area contributed by atoms with Gasteiger partial charge in [0.2, 0.25) is 0 Å². The largest absolute Gasteiger partial charge is 0.396 e. The van der Waals surface area contributed by atoms with Crippen LogP contribution in [0.3, 0.4) is 0 Å². The van der Waals surface area contributed by atoms with Gasteiger partial charge in [-0.2, -0.15) is 0 Å². The number of nitrogens with one attached hydrogen (secondary N) is 1. The van der Waals surface area contributed by atoms with Crippen molar-refractivity contribution in [2.75, 3.05) is 11.1 Å². The molecule has 0 saturated heterocycles. The molecule has 0 aliphatic carbocycles. The van der Waals surface area contributed by atoms with Crippen LogP contribution in [0.5, 0.6) is 0 Å². The second kappa shape index (κ2) is 5.71. The quantitative estimate of drug-likeness (QED) is 0.759. The lowest BCUT2D eigenvalue weighted by atomic mass is 10.2. The topological polar surface area (TPSA) is 55.1 Å². The summed E-state index contributed by atoms with van der Waals surface area (Å²) in [5.41, 5.74) is 6.36. The summed E-state index contributed by atoms with van der Waals surface area (Å²) in [4.78, 5) is 12.1. The first-order valence-corrected chi connectivity index (χ1v) is 6.87. The lowest BCUT2D eigenvalue weighted by Gasteiger charge is -2.08. The van der Waals surface area contributed by atoms with Crippen LogP contribution in [0, 0.1) is 5.82 Å². The van der Waals surface area contributed by atoms with Crippen LogP contribution in [0.2, 0.25) is 0 Å². The second-order valence-corrected chi connectivity index (χ2v) is 5.58. The lowest BCUT2D eigenvalue weighted by molar-refractivity contribution is 0.102. The molecular formula is C13H9Br2FN2O. The SMILES string of the molecule is Nc1cc(NC(=O)c2ccc(Br)cc2Br)ccc1F. The minimum absolute atomic E-state index is 0.00679. The van der Waals surface area contributed by atoms with E-state index in [4.69, 9.17) is 5.73 Å². The van der Waals surface area contributed by atoms with Gasteiger partial charge in [0.1, 0.15) is 5.82 Å². The van der Waals surface area contributed by atoms with Gasteiger partial charge in [-0.25, -0.2) is 4.39 Å². The number of halogens is 3. The van der Waals surface area contributed by atoms with E-state index in [1.165, 1.54) is 18.2 Å². The van der Waals surface area contributed by atoms with E-state index in [0.29, 0.717) is 15.7 Å². The van der Waals surface area contributed by atoms with Crippen LogP contribution in [0.15, 0.2) is 45.3 Å². The molecule has 3 N–H and O–H groups in total. The fourth-order valence-corrected chi connectivity index (χ4v) is 2.72. The predicted octanol–water partition coefficient (Wildman–Crippen LogP) is 4.19. The van der Waals surface area contributed by atoms with Crippen LogP contribution >= 0.6 is 31.9 Å². The molecule has 0 bridgehead atoms. The van der Waals surface area contributed by atoms with Gasteiger partial charge in [-0.1, -0.05) is 15.9 Å². The molecule has 0 aliphatic rings. The summed E-state index contributed by atoms with van der Waals surface area (Å²) in [6, 6.07) is 9.25. The van der Waals surface area contributed by atoms with Crippen LogP contribution in [0.1, 0.15) is 10.4 Å². The molecule has 3 nitrogen and oxygen atoms in total. The first-order chi connectivity index (χ1) is 8.97. The van der Waals surface area contributed by atoms with Crippen LogP contribution in [0.25, 0.3) is 0 Å². The normalized spacial score (nSPS) is 10.3. The number of nitrogen functional groups attached to an aromatic ring is 1. The monoisotopic (exact) mass is 386 g/mol. The van der Waals surface area contributed by atoms with Crippen molar-refractivity contribution in [3.05, 3.63) is 56.7 Å². The van der Waals surface area contributed by atoms with E-state index >= 15 is 0 Å². The number of anilines is 2. The van der Waals surface area contributed by atoms with Gasteiger partial charge < -0.3 is 11.1 Å². The number of amides is 1. The fraction of sp³-hybridized carbons (Fsp3) is 0. The summed E-state index contributed by atoms with van der Waals surface area (Å²) in [6.07, 6.45) is 0. The molecule has 2 aromatic rings. The third-order valence-electron chi connectivity index (χ3n) is 2.43. The van der Waals surface area contributed by atoms with Crippen LogP contribution in [-0.2, 0) is 0 Å². The van der Waals surface area contributed by atoms with Crippen LogP contribution in [-0.4, -0.2) is 5.91 Å². The van der Waals surface area contributed by atoms with Crippen molar-refractivity contribution in [1.82, 2.24) is 0 Å². The Balaban J connectivity index is 2.23. The summed E-state index contributed by atoms with van der Waals surface area (Å²) in [7, 11) is 0. The third kappa shape index (κ3) is 3.33. The Kier molecular flexibility index (Phi) is 4.21. The molecule has 0 atom stereocenters. The number of hydrogen-bond acceptors (Lipinski definition) is 2. The van der Waals surface area contributed by atoms with Crippen molar-refractivity contribution >= 4 is 49.1 Å². The summed E-state index contributed by atoms with van der Waals surface area (Å²) >= 11 is 6.62. The van der Waals surface area contributed by atoms with E-state index in [0.717, 1.165) is 4.47 Å². The number of rotatable bonds is 2. The van der Waals surface area contributed by atoms with Crippen molar-refractivity contribution in [3.63, 3.8) is 0 Å². The summed E-state index contributed by atoms with van der Waals surface area (Å²) < 4.78 is 14.5. The smallest absolute Gasteiger partial charge is 0.256 e.